The van der Waals surface area contributed by atoms with E-state index >= 15 is 4.39 Å². The number of fused-ring (bicyclic) bond motifs is 3. The quantitative estimate of drug-likeness (QED) is 0.335. The minimum absolute atomic E-state index is 0.0172. The van der Waals surface area contributed by atoms with Crippen LogP contribution < -0.4 is 4.74 Å². The molecule has 7 heteroatoms. The summed E-state index contributed by atoms with van der Waals surface area (Å²) >= 11 is 0. The lowest BCUT2D eigenvalue weighted by Gasteiger charge is -2.23. The zero-order chi connectivity index (χ0) is 25.7. The lowest BCUT2D eigenvalue weighted by molar-refractivity contribution is -0.139. The summed E-state index contributed by atoms with van der Waals surface area (Å²) in [5, 5.41) is 4.97. The van der Waals surface area contributed by atoms with Crippen LogP contribution in [0.3, 0.4) is 0 Å². The molecule has 0 radical (unpaired) electrons. The Hall–Kier alpha value is -3.74. The minimum Gasteiger partial charge on any atom is -0.490 e. The van der Waals surface area contributed by atoms with E-state index in [0.717, 1.165) is 48.1 Å². The minimum atomic E-state index is -0.399. The number of rotatable bonds is 4. The van der Waals surface area contributed by atoms with Crippen LogP contribution in [0.2, 0.25) is 0 Å². The van der Waals surface area contributed by atoms with Crippen molar-refractivity contribution < 1.29 is 18.7 Å². The number of esters is 1. The molecule has 0 atom stereocenters. The molecule has 37 heavy (non-hydrogen) atoms. The molecule has 0 bridgehead atoms. The van der Waals surface area contributed by atoms with Crippen molar-refractivity contribution in [2.24, 2.45) is 0 Å². The molecule has 6 nitrogen and oxygen atoms in total. The first-order valence-electron chi connectivity index (χ1n) is 13.0. The second-order valence-corrected chi connectivity index (χ2v) is 10.1. The third-order valence-electron chi connectivity index (χ3n) is 7.79. The molecule has 6 rings (SSSR count). The average Bonchev–Trinajstić information content (AvgIpc) is 3.34. The predicted octanol–water partition coefficient (Wildman–Crippen LogP) is 5.74. The normalized spacial score (nSPS) is 14.7. The van der Waals surface area contributed by atoms with Gasteiger partial charge in [0, 0.05) is 34.0 Å². The van der Waals surface area contributed by atoms with Gasteiger partial charge in [-0.3, -0.25) is 4.79 Å². The lowest BCUT2D eigenvalue weighted by Crippen LogP contribution is -2.15. The van der Waals surface area contributed by atoms with Crippen LogP contribution in [0.25, 0.3) is 28.2 Å². The van der Waals surface area contributed by atoms with Crippen molar-refractivity contribution >= 4 is 11.6 Å². The van der Waals surface area contributed by atoms with E-state index in [2.05, 4.69) is 18.2 Å². The number of halogens is 1. The Morgan fingerprint density at radius 1 is 1.08 bits per heavy atom. The number of nitrogens with zero attached hydrogens (tertiary/aromatic N) is 3. The van der Waals surface area contributed by atoms with Crippen molar-refractivity contribution in [3.05, 3.63) is 69.7 Å². The van der Waals surface area contributed by atoms with E-state index in [0.29, 0.717) is 40.5 Å². The van der Waals surface area contributed by atoms with E-state index in [1.54, 1.807) is 4.52 Å². The van der Waals surface area contributed by atoms with Crippen LogP contribution in [0.5, 0.6) is 5.75 Å². The maximum absolute atomic E-state index is 15.3. The standard InChI is InChI=1S/C30H30FN3O3/c1-17-22-9-6-12-37-30(22)25(31)14-23(17)29-24(15-28(35)36-3)18(2)32-27-16-26(33-34(27)29)21-11-10-19-7-4-5-8-20(19)13-21/h10-11,13-14,16H,4-9,12,15H2,1-3H3. The number of hydrogen-bond acceptors (Lipinski definition) is 5. The number of carbonyl (C=O) groups excluding carboxylic acids is 1. The van der Waals surface area contributed by atoms with Crippen LogP contribution in [0.15, 0.2) is 30.3 Å². The first-order chi connectivity index (χ1) is 17.9. The number of carbonyl (C=O) groups is 1. The molecular formula is C30H30FN3O3. The second kappa shape index (κ2) is 9.29. The molecule has 2 aromatic heterocycles. The SMILES string of the molecule is COC(=O)Cc1c(C)nc2cc(-c3ccc4c(c3)CCCC4)nn2c1-c1cc(F)c2c(c1C)CCCO2. The maximum atomic E-state index is 15.3. The van der Waals surface area contributed by atoms with Gasteiger partial charge in [-0.15, -0.1) is 0 Å². The molecule has 0 spiro atoms. The van der Waals surface area contributed by atoms with Crippen LogP contribution in [-0.4, -0.2) is 34.3 Å². The summed E-state index contributed by atoms with van der Waals surface area (Å²) in [6.45, 7) is 4.37. The third-order valence-corrected chi connectivity index (χ3v) is 7.79. The third kappa shape index (κ3) is 4.06. The molecule has 0 N–H and O–H groups in total. The highest BCUT2D eigenvalue weighted by atomic mass is 19.1. The van der Waals surface area contributed by atoms with E-state index in [1.165, 1.54) is 37.1 Å². The molecule has 0 saturated heterocycles. The number of benzene rings is 2. The molecule has 4 aromatic rings. The van der Waals surface area contributed by atoms with Crippen LogP contribution in [0.4, 0.5) is 4.39 Å². The van der Waals surface area contributed by atoms with Crippen molar-refractivity contribution in [3.8, 4) is 28.3 Å². The van der Waals surface area contributed by atoms with Gasteiger partial charge in [0.2, 0.25) is 0 Å². The topological polar surface area (TPSA) is 65.7 Å². The largest absolute Gasteiger partial charge is 0.490 e. The Labute approximate surface area is 215 Å². The Kier molecular flexibility index (Phi) is 5.94. The van der Waals surface area contributed by atoms with Gasteiger partial charge in [0.05, 0.1) is 31.5 Å². The van der Waals surface area contributed by atoms with Crippen LogP contribution in [-0.2, 0) is 35.2 Å². The molecule has 0 amide bonds. The van der Waals surface area contributed by atoms with Crippen LogP contribution >= 0.6 is 0 Å². The highest BCUT2D eigenvalue weighted by Gasteiger charge is 2.26. The van der Waals surface area contributed by atoms with Gasteiger partial charge in [-0.1, -0.05) is 12.1 Å². The van der Waals surface area contributed by atoms with Crippen molar-refractivity contribution in [1.82, 2.24) is 14.6 Å². The Balaban J connectivity index is 1.59. The van der Waals surface area contributed by atoms with Gasteiger partial charge in [0.25, 0.3) is 0 Å². The summed E-state index contributed by atoms with van der Waals surface area (Å²) in [5.74, 6) is -0.449. The van der Waals surface area contributed by atoms with Crippen molar-refractivity contribution in [3.63, 3.8) is 0 Å². The van der Waals surface area contributed by atoms with Crippen molar-refractivity contribution in [2.75, 3.05) is 13.7 Å². The molecule has 2 aliphatic rings. The van der Waals surface area contributed by atoms with E-state index < -0.39 is 5.82 Å². The van der Waals surface area contributed by atoms with E-state index in [9.17, 15) is 4.79 Å². The van der Waals surface area contributed by atoms with Gasteiger partial charge in [0.1, 0.15) is 0 Å². The first kappa shape index (κ1) is 23.6. The zero-order valence-corrected chi connectivity index (χ0v) is 21.5. The zero-order valence-electron chi connectivity index (χ0n) is 21.5. The fourth-order valence-electron chi connectivity index (χ4n) is 5.80. The summed E-state index contributed by atoms with van der Waals surface area (Å²) < 4.78 is 27.8. The summed E-state index contributed by atoms with van der Waals surface area (Å²) in [6.07, 6.45) is 6.23. The fourth-order valence-corrected chi connectivity index (χ4v) is 5.80. The van der Waals surface area contributed by atoms with Crippen LogP contribution in [0, 0.1) is 19.7 Å². The molecule has 190 valence electrons. The molecule has 3 heterocycles. The van der Waals surface area contributed by atoms with Crippen LogP contribution in [0.1, 0.15) is 52.8 Å². The monoisotopic (exact) mass is 499 g/mol. The number of aryl methyl sites for hydroxylation is 3. The maximum Gasteiger partial charge on any atom is 0.310 e. The molecule has 0 saturated carbocycles. The average molecular weight is 500 g/mol. The Morgan fingerprint density at radius 3 is 2.70 bits per heavy atom. The highest BCUT2D eigenvalue weighted by Crippen LogP contribution is 2.39. The van der Waals surface area contributed by atoms with Crippen molar-refractivity contribution in [2.45, 2.75) is 58.8 Å². The van der Waals surface area contributed by atoms with Crippen molar-refractivity contribution in [1.29, 1.82) is 0 Å². The Morgan fingerprint density at radius 2 is 1.89 bits per heavy atom. The van der Waals surface area contributed by atoms with Gasteiger partial charge < -0.3 is 9.47 Å². The van der Waals surface area contributed by atoms with Gasteiger partial charge in [-0.05, 0) is 81.2 Å². The molecule has 1 aliphatic heterocycles. The molecule has 1 aliphatic carbocycles. The summed E-state index contributed by atoms with van der Waals surface area (Å²) in [7, 11) is 1.37. The smallest absolute Gasteiger partial charge is 0.310 e. The van der Waals surface area contributed by atoms with E-state index in [1.807, 2.05) is 19.9 Å². The Bertz CT molecular complexity index is 1560. The summed E-state index contributed by atoms with van der Waals surface area (Å²) in [5.41, 5.74) is 9.82. The van der Waals surface area contributed by atoms with Gasteiger partial charge >= 0.3 is 5.97 Å². The lowest BCUT2D eigenvalue weighted by atomic mass is 9.90. The molecule has 2 aromatic carbocycles. The van der Waals surface area contributed by atoms with Gasteiger partial charge in [0.15, 0.2) is 17.2 Å². The molecule has 0 unspecified atom stereocenters. The highest BCUT2D eigenvalue weighted by molar-refractivity contribution is 5.81. The summed E-state index contributed by atoms with van der Waals surface area (Å²) in [4.78, 5) is 17.2. The number of hydrogen-bond donors (Lipinski definition) is 0. The number of methoxy groups -OCH3 is 1. The first-order valence-corrected chi connectivity index (χ1v) is 13.0. The second-order valence-electron chi connectivity index (χ2n) is 10.1. The predicted molar refractivity (Wildman–Crippen MR) is 139 cm³/mol. The fraction of sp³-hybridized carbons (Fsp3) is 0.367. The van der Waals surface area contributed by atoms with Gasteiger partial charge in [-0.2, -0.15) is 5.10 Å². The van der Waals surface area contributed by atoms with Gasteiger partial charge in [-0.25, -0.2) is 13.9 Å². The number of ether oxygens (including phenoxy) is 2. The molecular weight excluding hydrogens is 469 g/mol. The van der Waals surface area contributed by atoms with E-state index in [4.69, 9.17) is 19.6 Å². The molecule has 0 fully saturated rings. The number of aromatic nitrogens is 3. The van der Waals surface area contributed by atoms with E-state index in [-0.39, 0.29) is 12.4 Å². The summed E-state index contributed by atoms with van der Waals surface area (Å²) in [6, 6.07) is 10.0.